The Kier molecular flexibility index (Phi) is 7.81. The van der Waals surface area contributed by atoms with Gasteiger partial charge in [-0.15, -0.1) is 0 Å². The van der Waals surface area contributed by atoms with E-state index in [2.05, 4.69) is 67.0 Å². The van der Waals surface area contributed by atoms with Gasteiger partial charge in [0.1, 0.15) is 47.9 Å². The van der Waals surface area contributed by atoms with Gasteiger partial charge in [0.25, 0.3) is 0 Å². The molecule has 3 saturated heterocycles. The van der Waals surface area contributed by atoms with E-state index in [1.165, 1.54) is 28.1 Å². The molecule has 4 aromatic heterocycles. The van der Waals surface area contributed by atoms with Crippen molar-refractivity contribution in [3.63, 3.8) is 0 Å². The molecule has 3 aliphatic heterocycles. The van der Waals surface area contributed by atoms with E-state index >= 15 is 4.39 Å². The molecule has 18 nitrogen and oxygen atoms in total. The second-order valence-electron chi connectivity index (χ2n) is 10.4. The Balaban J connectivity index is 1.17. The van der Waals surface area contributed by atoms with Gasteiger partial charge in [-0.05, 0) is 12.6 Å². The first-order valence-electron chi connectivity index (χ1n) is 13.2. The maximum atomic E-state index is 16.2. The van der Waals surface area contributed by atoms with Gasteiger partial charge in [-0.3, -0.25) is 9.13 Å². The number of thiol groups is 2. The Bertz CT molecular complexity index is 1890. The van der Waals surface area contributed by atoms with Crippen molar-refractivity contribution in [1.82, 2.24) is 39.0 Å². The molecule has 0 amide bonds. The zero-order chi connectivity index (χ0) is 31.8. The normalized spacial score (nSPS) is 37.7. The molecule has 7 rings (SSSR count). The van der Waals surface area contributed by atoms with Crippen molar-refractivity contribution >= 4 is 90.1 Å². The Morgan fingerprint density at radius 1 is 0.822 bits per heavy atom. The second-order valence-corrected chi connectivity index (χ2v) is 17.6. The largest absolute Gasteiger partial charge is 0.386 e. The van der Waals surface area contributed by atoms with Crippen LogP contribution in [0.4, 0.5) is 22.0 Å². The molecule has 3 fully saturated rings. The first kappa shape index (κ1) is 31.1. The monoisotopic (exact) mass is 703 g/mol. The lowest BCUT2D eigenvalue weighted by Crippen LogP contribution is -2.37. The maximum Gasteiger partial charge on any atom is 0.224 e. The van der Waals surface area contributed by atoms with Crippen molar-refractivity contribution in [2.45, 2.75) is 49.1 Å². The lowest BCUT2D eigenvalue weighted by atomic mass is 10.1. The molecule has 7 heterocycles. The number of halogens is 1. The molecule has 3 aliphatic rings. The highest BCUT2D eigenvalue weighted by Crippen LogP contribution is 2.60. The number of nitrogen functional groups attached to an aromatic ring is 3. The number of aliphatic hydroxyl groups is 1. The number of alkyl halides is 1. The number of hydrogen-bond acceptors (Lipinski definition) is 18. The molecule has 10 atom stereocenters. The van der Waals surface area contributed by atoms with Crippen LogP contribution in [0.2, 0.25) is 0 Å². The minimum Gasteiger partial charge on any atom is -0.386 e. The smallest absolute Gasteiger partial charge is 0.224 e. The number of ether oxygens (including phenoxy) is 2. The molecule has 7 N–H and O–H groups in total. The third-order valence-corrected chi connectivity index (χ3v) is 10.9. The van der Waals surface area contributed by atoms with E-state index in [9.17, 15) is 5.11 Å². The molecule has 23 heteroatoms. The van der Waals surface area contributed by atoms with Crippen molar-refractivity contribution in [2.75, 3.05) is 30.4 Å². The Morgan fingerprint density at radius 3 is 2.09 bits per heavy atom. The molecule has 4 aromatic rings. The number of aromatic nitrogens is 8. The predicted molar refractivity (Wildman–Crippen MR) is 170 cm³/mol. The van der Waals surface area contributed by atoms with Crippen LogP contribution in [0, 0.1) is 0 Å². The fraction of sp³-hybridized carbons (Fsp3) is 0.455. The minimum absolute atomic E-state index is 0.0555. The standard InChI is InChI=1S/C22H28FN11O7P2S2/c1-42(44)37-4-9-15(13(35)21(39-9)34-7-30-12-17(25)31-22(26)32-19(12)34)41-43(2,45)36-3-8-14(40-42)10(23)20(38-8)33-6-29-11-16(24)27-5-28-18(11)33/h5-10,13-15,20-21,35,44-45H,1-4H2,(H2,24,27,28)(H4,25,26,31,32)/t8-,9+,10+,13+,14-,15+,20-,21?,42-,43-/m0/s1. The summed E-state index contributed by atoms with van der Waals surface area (Å²) < 4.78 is 55.4. The lowest BCUT2D eigenvalue weighted by Gasteiger charge is -2.32. The first-order chi connectivity index (χ1) is 21.3. The van der Waals surface area contributed by atoms with Crippen molar-refractivity contribution < 1.29 is 37.1 Å². The van der Waals surface area contributed by atoms with Crippen LogP contribution in [0.25, 0.3) is 22.3 Å². The Morgan fingerprint density at radius 2 is 1.40 bits per heavy atom. The van der Waals surface area contributed by atoms with Gasteiger partial charge in [-0.1, -0.05) is 24.5 Å². The number of hydrogen-bond donors (Lipinski definition) is 6. The number of fused-ring (bicyclic) bond motifs is 4. The summed E-state index contributed by atoms with van der Waals surface area (Å²) in [7, 11) is 0. The third kappa shape index (κ3) is 5.59. The van der Waals surface area contributed by atoms with Crippen LogP contribution in [0.5, 0.6) is 0 Å². The molecule has 0 spiro atoms. The predicted octanol–water partition coefficient (Wildman–Crippen LogP) is 0.973. The Labute approximate surface area is 264 Å². The van der Waals surface area contributed by atoms with E-state index < -0.39 is 62.2 Å². The fourth-order valence-electron chi connectivity index (χ4n) is 5.41. The number of nitrogens with zero attached hydrogens (tertiary/aromatic N) is 8. The van der Waals surface area contributed by atoms with Gasteiger partial charge < -0.3 is 49.9 Å². The number of anilines is 3. The quantitative estimate of drug-likeness (QED) is 0.126. The number of rotatable bonds is 2. The van der Waals surface area contributed by atoms with E-state index in [1.807, 2.05) is 0 Å². The van der Waals surface area contributed by atoms with Crippen molar-refractivity contribution in [2.24, 2.45) is 0 Å². The van der Waals surface area contributed by atoms with Crippen LogP contribution >= 0.6 is 37.6 Å². The van der Waals surface area contributed by atoms with Gasteiger partial charge in [-0.2, -0.15) is 9.97 Å². The van der Waals surface area contributed by atoms with Crippen LogP contribution in [-0.2, 0) is 27.6 Å². The topological polar surface area (TPSA) is 241 Å². The van der Waals surface area contributed by atoms with E-state index in [1.54, 1.807) is 0 Å². The molecule has 0 saturated carbocycles. The minimum atomic E-state index is -3.31. The average molecular weight is 704 g/mol. The number of imidazole rings is 2. The number of aliphatic hydroxyl groups excluding tert-OH is 1. The van der Waals surface area contributed by atoms with Gasteiger partial charge in [0.05, 0.1) is 25.9 Å². The molecule has 0 aromatic carbocycles. The van der Waals surface area contributed by atoms with Gasteiger partial charge in [0.15, 0.2) is 54.6 Å². The molecule has 45 heavy (non-hydrogen) atoms. The molecule has 0 bridgehead atoms. The summed E-state index contributed by atoms with van der Waals surface area (Å²) in [5.41, 5.74) is 18.7. The van der Waals surface area contributed by atoms with Crippen molar-refractivity contribution in [3.8, 4) is 0 Å². The van der Waals surface area contributed by atoms with Crippen LogP contribution < -0.4 is 17.2 Å². The van der Waals surface area contributed by atoms with Gasteiger partial charge in [0, 0.05) is 0 Å². The third-order valence-electron chi connectivity index (χ3n) is 7.43. The molecular formula is C22H28FN11O7P2S2. The van der Waals surface area contributed by atoms with Crippen LogP contribution in [-0.4, -0.2) is 107 Å². The summed E-state index contributed by atoms with van der Waals surface area (Å²) in [6.07, 6.45) is 2.20. The van der Waals surface area contributed by atoms with Crippen LogP contribution in [0.15, 0.2) is 19.0 Å². The lowest BCUT2D eigenvalue weighted by molar-refractivity contribution is -0.0521. The molecule has 242 valence electrons. The zero-order valence-corrected chi connectivity index (χ0v) is 26.6. The zero-order valence-electron chi connectivity index (χ0n) is 23.1. The summed E-state index contributed by atoms with van der Waals surface area (Å²) in [6, 6.07) is 0. The molecule has 0 aliphatic carbocycles. The average Bonchev–Trinajstić information content (AvgIpc) is 3.72. The fourth-order valence-corrected chi connectivity index (χ4v) is 8.62. The van der Waals surface area contributed by atoms with Gasteiger partial charge >= 0.3 is 0 Å². The summed E-state index contributed by atoms with van der Waals surface area (Å²) >= 11 is 9.05. The first-order valence-corrected chi connectivity index (χ1v) is 19.1. The van der Waals surface area contributed by atoms with E-state index in [0.29, 0.717) is 0 Å². The second kappa shape index (κ2) is 11.3. The summed E-state index contributed by atoms with van der Waals surface area (Å²) in [5.74, 6) is 0.0916. The van der Waals surface area contributed by atoms with Crippen LogP contribution in [0.1, 0.15) is 12.5 Å². The number of nitrogens with two attached hydrogens (primary N) is 3. The highest BCUT2D eigenvalue weighted by Gasteiger charge is 2.52. The summed E-state index contributed by atoms with van der Waals surface area (Å²) in [4.78, 5) is 24.6. The van der Waals surface area contributed by atoms with E-state index in [-0.39, 0.29) is 53.1 Å². The van der Waals surface area contributed by atoms with Crippen LogP contribution in [0.3, 0.4) is 0 Å². The highest BCUT2D eigenvalue weighted by atomic mass is 32.7. The molecule has 1 unspecified atom stereocenters. The van der Waals surface area contributed by atoms with Crippen molar-refractivity contribution in [3.05, 3.63) is 19.0 Å². The molecular weight excluding hydrogens is 675 g/mol. The van der Waals surface area contributed by atoms with Crippen molar-refractivity contribution in [1.29, 1.82) is 0 Å². The summed E-state index contributed by atoms with van der Waals surface area (Å²) in [6.45, 7) is -7.08. The molecule has 0 radical (unpaired) electrons. The summed E-state index contributed by atoms with van der Waals surface area (Å²) in [5, 5.41) is 11.4. The SMILES string of the molecule is C=[P@]1(S)OC[C@H]2OC(n3cnc4c(N)nc(N)nc43)[C@H](O)[C@@H]2O[P@@](=C)(S)OC[C@@H]2O[C@H](n3cnc4c(N)ncnc43)[C@H](F)[C@H]2O1. The van der Waals surface area contributed by atoms with E-state index in [4.69, 9.17) is 44.8 Å². The van der Waals surface area contributed by atoms with E-state index in [0.717, 1.165) is 0 Å². The van der Waals surface area contributed by atoms with Gasteiger partial charge in [0.2, 0.25) is 5.95 Å². The highest BCUT2D eigenvalue weighted by molar-refractivity contribution is 8.48. The van der Waals surface area contributed by atoms with Gasteiger partial charge in [-0.25, -0.2) is 24.3 Å². The maximum absolute atomic E-state index is 16.2. The Hall–Kier alpha value is -2.55.